The smallest absolute Gasteiger partial charge is 0.399 e. The van der Waals surface area contributed by atoms with E-state index in [1.54, 1.807) is 96.5 Å². The zero-order chi connectivity index (χ0) is 74.7. The highest BCUT2D eigenvalue weighted by atomic mass is 35.5. The fourth-order valence-electron chi connectivity index (χ4n) is 11.1. The van der Waals surface area contributed by atoms with Crippen LogP contribution in [0.3, 0.4) is 0 Å². The molecule has 21 nitrogen and oxygen atoms in total. The van der Waals surface area contributed by atoms with Crippen LogP contribution in [-0.4, -0.2) is 92.7 Å². The van der Waals surface area contributed by atoms with E-state index in [1.165, 1.54) is 75.2 Å². The number of nitrogens with zero attached hydrogens (tertiary/aromatic N) is 6. The van der Waals surface area contributed by atoms with Crippen molar-refractivity contribution in [3.8, 4) is 0 Å². The number of nitrogens with one attached hydrogen (secondary N) is 8. The van der Waals surface area contributed by atoms with Gasteiger partial charge >= 0.3 is 18.5 Å². The standard InChI is InChI=1S/2C24H22F3N5O2.C14H11ClF3N3O.C10H12N2O/c2*1-28-23(34)16-5-3-4-6-18(16)31-19-12-21(29-13-17(19)24(25,26)27)30-15-8-9-20-14(11-15)7-10-22(33)32(20)2;1-19-13(22)8-4-2-3-5-10(8)21-11-6-12(15)20-7-9(11)14(16,17)18;1-12-9-4-3-8(11)6-7(9)2-5-10(12)13/h2*3-6,8-9,11-13H,7,10H2,1-2H3,(H,28,34)(H2,29,30,31);2-7H,1H3,(H,19,22)(H,20,21);3-4,6H,2,5,11H2,1H3. The van der Waals surface area contributed by atoms with Crippen molar-refractivity contribution < 1.29 is 68.3 Å². The van der Waals surface area contributed by atoms with Crippen molar-refractivity contribution in [2.75, 3.05) is 89.3 Å². The summed E-state index contributed by atoms with van der Waals surface area (Å²) in [5.41, 5.74) is 11.0. The van der Waals surface area contributed by atoms with Gasteiger partial charge in [-0.2, -0.15) is 39.5 Å². The average molecular weight is 1440 g/mol. The maximum Gasteiger partial charge on any atom is 0.419 e. The lowest BCUT2D eigenvalue weighted by molar-refractivity contribution is -0.138. The number of fused-ring (bicyclic) bond motifs is 3. The molecule has 0 saturated heterocycles. The molecule has 0 aliphatic carbocycles. The molecule has 12 rings (SSSR count). The van der Waals surface area contributed by atoms with Gasteiger partial charge in [-0.05, 0) is 133 Å². The number of para-hydroxylation sites is 3. The van der Waals surface area contributed by atoms with Gasteiger partial charge in [-0.1, -0.05) is 48.0 Å². The molecule has 103 heavy (non-hydrogen) atoms. The average Bonchev–Trinajstić information content (AvgIpc) is 0.780. The number of rotatable bonds is 13. The molecule has 6 amide bonds. The minimum Gasteiger partial charge on any atom is -0.399 e. The second kappa shape index (κ2) is 32.1. The summed E-state index contributed by atoms with van der Waals surface area (Å²) in [6.07, 6.45) is -8.41. The minimum absolute atomic E-state index is 0.0327. The molecule has 0 radical (unpaired) electrons. The largest absolute Gasteiger partial charge is 0.419 e. The number of nitrogens with two attached hydrogens (primary N) is 1. The van der Waals surface area contributed by atoms with Crippen molar-refractivity contribution in [1.82, 2.24) is 30.9 Å². The molecule has 31 heteroatoms. The highest BCUT2D eigenvalue weighted by molar-refractivity contribution is 6.29. The summed E-state index contributed by atoms with van der Waals surface area (Å²) < 4.78 is 121. The first-order valence-electron chi connectivity index (χ1n) is 31.4. The van der Waals surface area contributed by atoms with Gasteiger partial charge in [0.25, 0.3) is 17.7 Å². The molecule has 0 unspecified atom stereocenters. The van der Waals surface area contributed by atoms with Gasteiger partial charge < -0.3 is 63.0 Å². The number of nitrogen functional groups attached to an aromatic ring is 1. The van der Waals surface area contributed by atoms with Gasteiger partial charge in [-0.25, -0.2) is 15.0 Å². The van der Waals surface area contributed by atoms with Crippen LogP contribution in [0.1, 0.15) is 83.7 Å². The molecule has 0 spiro atoms. The van der Waals surface area contributed by atoms with Crippen LogP contribution >= 0.6 is 11.6 Å². The van der Waals surface area contributed by atoms with Gasteiger partial charge in [0.15, 0.2) is 0 Å². The van der Waals surface area contributed by atoms with E-state index in [4.69, 9.17) is 17.3 Å². The van der Waals surface area contributed by atoms with Crippen molar-refractivity contribution in [2.45, 2.75) is 57.1 Å². The summed E-state index contributed by atoms with van der Waals surface area (Å²) in [6, 6.07) is 38.8. The number of carbonyl (C=O) groups is 6. The fourth-order valence-corrected chi connectivity index (χ4v) is 11.3. The summed E-state index contributed by atoms with van der Waals surface area (Å²) in [4.78, 5) is 87.4. The van der Waals surface area contributed by atoms with Crippen LogP contribution in [0.15, 0.2) is 164 Å². The molecule has 6 heterocycles. The third-order valence-corrected chi connectivity index (χ3v) is 16.6. The first kappa shape index (κ1) is 75.3. The Morgan fingerprint density at radius 3 is 1.05 bits per heavy atom. The van der Waals surface area contributed by atoms with Crippen LogP contribution in [0.4, 0.5) is 119 Å². The van der Waals surface area contributed by atoms with E-state index in [0.29, 0.717) is 49.7 Å². The van der Waals surface area contributed by atoms with E-state index in [-0.39, 0.29) is 85.3 Å². The molecule has 3 aliphatic rings. The SMILES string of the molecule is CN1C(=O)CCc2cc(N)ccc21.CNC(=O)c1ccccc1Nc1cc(Cl)ncc1C(F)(F)F.CNC(=O)c1ccccc1Nc1cc(Nc2ccc3c(c2)CCC(=O)N3C)ncc1C(F)(F)F.CNC(=O)c1ccccc1Nc1cc(Nc2ccc3c(c2)CCC(=O)N3C)ncc1C(F)(F)F. The summed E-state index contributed by atoms with van der Waals surface area (Å²) in [7, 11) is 9.54. The molecule has 3 aliphatic heterocycles. The number of halogens is 10. The Balaban J connectivity index is 0.000000168. The first-order chi connectivity index (χ1) is 48.8. The van der Waals surface area contributed by atoms with Crippen LogP contribution in [0.2, 0.25) is 5.15 Å². The molecule has 0 bridgehead atoms. The Morgan fingerprint density at radius 1 is 0.398 bits per heavy atom. The lowest BCUT2D eigenvalue weighted by atomic mass is 10.0. The van der Waals surface area contributed by atoms with Gasteiger partial charge in [0.05, 0.1) is 67.5 Å². The number of hydrogen-bond acceptors (Lipinski definition) is 15. The molecule has 0 atom stereocenters. The predicted octanol–water partition coefficient (Wildman–Crippen LogP) is 14.7. The third kappa shape index (κ3) is 18.5. The predicted molar refractivity (Wildman–Crippen MR) is 378 cm³/mol. The number of aryl methyl sites for hydroxylation is 3. The zero-order valence-electron chi connectivity index (χ0n) is 55.8. The van der Waals surface area contributed by atoms with Crippen molar-refractivity contribution in [1.29, 1.82) is 0 Å². The Kier molecular flexibility index (Phi) is 23.5. The summed E-state index contributed by atoms with van der Waals surface area (Å²) >= 11 is 5.67. The lowest BCUT2D eigenvalue weighted by Gasteiger charge is -2.26. The van der Waals surface area contributed by atoms with Gasteiger partial charge in [0.2, 0.25) is 17.7 Å². The Bertz CT molecular complexity index is 4500. The molecule has 10 N–H and O–H groups in total. The molecular weight excluding hydrogens is 1380 g/mol. The van der Waals surface area contributed by atoms with Crippen molar-refractivity contribution in [3.63, 3.8) is 0 Å². The lowest BCUT2D eigenvalue weighted by Crippen LogP contribution is -2.31. The second-order valence-corrected chi connectivity index (χ2v) is 23.6. The monoisotopic (exact) mass is 1440 g/mol. The van der Waals surface area contributed by atoms with E-state index < -0.39 is 52.9 Å². The summed E-state index contributed by atoms with van der Waals surface area (Å²) in [5, 5.41) is 21.4. The molecular formula is C72H67ClF9N15O6. The molecule has 6 aromatic carbocycles. The first-order valence-corrected chi connectivity index (χ1v) is 31.8. The number of pyridine rings is 3. The van der Waals surface area contributed by atoms with Crippen LogP contribution in [0, 0.1) is 0 Å². The van der Waals surface area contributed by atoms with Crippen molar-refractivity contribution in [3.05, 3.63) is 219 Å². The number of benzene rings is 6. The fraction of sp³-hybridized carbons (Fsp3) is 0.208. The van der Waals surface area contributed by atoms with Crippen LogP contribution in [0.5, 0.6) is 0 Å². The topological polar surface area (TPSA) is 273 Å². The molecule has 536 valence electrons. The Hall–Kier alpha value is -12.0. The second-order valence-electron chi connectivity index (χ2n) is 23.2. The van der Waals surface area contributed by atoms with Gasteiger partial charge in [-0.15, -0.1) is 0 Å². The van der Waals surface area contributed by atoms with Gasteiger partial charge in [0, 0.05) is 126 Å². The van der Waals surface area contributed by atoms with E-state index in [1.807, 2.05) is 30.3 Å². The Labute approximate surface area is 589 Å². The Morgan fingerprint density at radius 2 is 0.709 bits per heavy atom. The highest BCUT2D eigenvalue weighted by Crippen LogP contribution is 2.42. The van der Waals surface area contributed by atoms with E-state index in [2.05, 4.69) is 57.5 Å². The highest BCUT2D eigenvalue weighted by Gasteiger charge is 2.37. The number of aromatic nitrogens is 3. The number of carbonyl (C=O) groups excluding carboxylic acids is 6. The minimum atomic E-state index is -4.65. The van der Waals surface area contributed by atoms with E-state index >= 15 is 0 Å². The maximum atomic E-state index is 13.7. The van der Waals surface area contributed by atoms with Gasteiger partial charge in [-0.3, -0.25) is 28.8 Å². The van der Waals surface area contributed by atoms with E-state index in [9.17, 15) is 68.3 Å². The number of amides is 6. The number of anilines is 14. The van der Waals surface area contributed by atoms with Crippen molar-refractivity contribution in [2.24, 2.45) is 0 Å². The summed E-state index contributed by atoms with van der Waals surface area (Å²) in [6.45, 7) is 0. The number of hydrogen-bond donors (Lipinski definition) is 9. The molecule has 0 fully saturated rings. The summed E-state index contributed by atoms with van der Waals surface area (Å²) in [5.74, 6) is -0.658. The van der Waals surface area contributed by atoms with Crippen LogP contribution < -0.4 is 63.0 Å². The number of alkyl halides is 9. The molecule has 3 aromatic heterocycles. The quantitative estimate of drug-likeness (QED) is 0.0295. The molecule has 0 saturated carbocycles. The van der Waals surface area contributed by atoms with Crippen LogP contribution in [0.25, 0.3) is 0 Å². The third-order valence-electron chi connectivity index (χ3n) is 16.4. The van der Waals surface area contributed by atoms with Crippen molar-refractivity contribution >= 4 is 127 Å². The maximum absolute atomic E-state index is 13.7. The normalized spacial score (nSPS) is 13.2. The van der Waals surface area contributed by atoms with Crippen LogP contribution in [-0.2, 0) is 52.2 Å². The van der Waals surface area contributed by atoms with E-state index in [0.717, 1.165) is 58.8 Å². The molecule has 9 aromatic rings. The zero-order valence-corrected chi connectivity index (χ0v) is 56.6. The van der Waals surface area contributed by atoms with Gasteiger partial charge in [0.1, 0.15) is 16.8 Å².